The van der Waals surface area contributed by atoms with Crippen LogP contribution < -0.4 is 9.64 Å². The Labute approximate surface area is 178 Å². The minimum Gasteiger partial charge on any atom is -0.503 e. The van der Waals surface area contributed by atoms with Crippen molar-refractivity contribution in [2.75, 3.05) is 11.5 Å². The number of nitrogens with zero attached hydrogens (tertiary/aromatic N) is 2. The van der Waals surface area contributed by atoms with Gasteiger partial charge in [0.05, 0.1) is 24.5 Å². The van der Waals surface area contributed by atoms with Crippen LogP contribution in [0.25, 0.3) is 0 Å². The SMILES string of the molecule is CCCCOc1ccc(C2C(C(=O)c3ccco3)=C(O)C(=O)N2c2cc(C)on2)cc1. The number of unbranched alkanes of at least 4 members (excludes halogenated alkanes) is 1. The third-order valence-corrected chi connectivity index (χ3v) is 5.02. The molecular weight excluding hydrogens is 400 g/mol. The van der Waals surface area contributed by atoms with Crippen LogP contribution in [0.5, 0.6) is 5.75 Å². The molecule has 2 aromatic heterocycles. The first-order valence-corrected chi connectivity index (χ1v) is 10.0. The summed E-state index contributed by atoms with van der Waals surface area (Å²) in [5.74, 6) is -0.566. The third-order valence-electron chi connectivity index (χ3n) is 5.02. The van der Waals surface area contributed by atoms with Crippen LogP contribution in [0.4, 0.5) is 5.82 Å². The lowest BCUT2D eigenvalue weighted by atomic mass is 9.95. The van der Waals surface area contributed by atoms with Gasteiger partial charge in [-0.1, -0.05) is 30.6 Å². The Hall–Kier alpha value is -3.81. The van der Waals surface area contributed by atoms with Crippen LogP contribution in [0.2, 0.25) is 0 Å². The molecule has 1 aliphatic rings. The van der Waals surface area contributed by atoms with E-state index in [2.05, 4.69) is 12.1 Å². The number of aryl methyl sites for hydroxylation is 1. The Bertz CT molecular complexity index is 1110. The Morgan fingerprint density at radius 3 is 2.65 bits per heavy atom. The number of hydrogen-bond acceptors (Lipinski definition) is 7. The van der Waals surface area contributed by atoms with Crippen LogP contribution >= 0.6 is 0 Å². The number of anilines is 1. The Balaban J connectivity index is 1.75. The summed E-state index contributed by atoms with van der Waals surface area (Å²) in [4.78, 5) is 27.3. The summed E-state index contributed by atoms with van der Waals surface area (Å²) in [6.45, 7) is 4.38. The first-order chi connectivity index (χ1) is 15.0. The quantitative estimate of drug-likeness (QED) is 0.420. The van der Waals surface area contributed by atoms with E-state index < -0.39 is 23.5 Å². The summed E-state index contributed by atoms with van der Waals surface area (Å²) >= 11 is 0. The summed E-state index contributed by atoms with van der Waals surface area (Å²) in [5.41, 5.74) is 0.524. The second-order valence-corrected chi connectivity index (χ2v) is 7.21. The first kappa shape index (κ1) is 20.5. The zero-order valence-electron chi connectivity index (χ0n) is 17.2. The number of carbonyl (C=O) groups excluding carboxylic acids is 2. The number of benzene rings is 1. The highest BCUT2D eigenvalue weighted by Gasteiger charge is 2.46. The summed E-state index contributed by atoms with van der Waals surface area (Å²) in [5, 5.41) is 14.6. The van der Waals surface area contributed by atoms with Gasteiger partial charge in [-0.3, -0.25) is 14.5 Å². The molecule has 31 heavy (non-hydrogen) atoms. The van der Waals surface area contributed by atoms with Gasteiger partial charge in [-0.15, -0.1) is 0 Å². The largest absolute Gasteiger partial charge is 0.503 e. The highest BCUT2D eigenvalue weighted by atomic mass is 16.5. The number of ketones is 1. The first-order valence-electron chi connectivity index (χ1n) is 10.0. The standard InChI is InChI=1S/C23H22N2O6/c1-3-4-11-29-16-9-7-15(8-10-16)20-19(21(26)17-6-5-12-30-17)22(27)23(28)25(20)18-13-14(2)31-24-18/h5-10,12-13,20,27H,3-4,11H2,1-2H3. The molecule has 160 valence electrons. The molecule has 0 radical (unpaired) electrons. The molecule has 8 nitrogen and oxygen atoms in total. The van der Waals surface area contributed by atoms with Crippen LogP contribution in [0.3, 0.4) is 0 Å². The Morgan fingerprint density at radius 1 is 1.26 bits per heavy atom. The molecule has 1 N–H and O–H groups in total. The average Bonchev–Trinajstić information content (AvgIpc) is 3.50. The molecule has 1 unspecified atom stereocenters. The molecule has 0 saturated carbocycles. The molecule has 3 aromatic rings. The molecule has 0 bridgehead atoms. The van der Waals surface area contributed by atoms with E-state index in [0.717, 1.165) is 12.8 Å². The molecule has 1 aliphatic heterocycles. The Kier molecular flexibility index (Phi) is 5.62. The number of amides is 1. The summed E-state index contributed by atoms with van der Waals surface area (Å²) in [7, 11) is 0. The molecule has 3 heterocycles. The van der Waals surface area contributed by atoms with Crippen molar-refractivity contribution in [3.05, 3.63) is 77.1 Å². The maximum atomic E-state index is 13.1. The minimum atomic E-state index is -0.903. The third kappa shape index (κ3) is 3.84. The van der Waals surface area contributed by atoms with E-state index in [0.29, 0.717) is 23.7 Å². The van der Waals surface area contributed by atoms with Gasteiger partial charge in [0.15, 0.2) is 17.3 Å². The normalized spacial score (nSPS) is 16.3. The lowest BCUT2D eigenvalue weighted by Gasteiger charge is -2.24. The number of aliphatic hydroxyl groups is 1. The van der Waals surface area contributed by atoms with Gasteiger partial charge in [-0.05, 0) is 43.2 Å². The van der Waals surface area contributed by atoms with Gasteiger partial charge < -0.3 is 18.8 Å². The second kappa shape index (κ2) is 8.51. The summed E-state index contributed by atoms with van der Waals surface area (Å²) in [6.07, 6.45) is 3.32. The topological polar surface area (TPSA) is 106 Å². The summed E-state index contributed by atoms with van der Waals surface area (Å²) in [6, 6.07) is 10.8. The number of aromatic nitrogens is 1. The van der Waals surface area contributed by atoms with Crippen LogP contribution in [0.1, 0.15) is 47.7 Å². The van der Waals surface area contributed by atoms with E-state index in [1.165, 1.54) is 17.2 Å². The fourth-order valence-electron chi connectivity index (χ4n) is 3.48. The van der Waals surface area contributed by atoms with Crippen molar-refractivity contribution in [2.45, 2.75) is 32.7 Å². The van der Waals surface area contributed by atoms with Crippen molar-refractivity contribution in [2.24, 2.45) is 0 Å². The molecule has 0 fully saturated rings. The average molecular weight is 422 g/mol. The number of ether oxygens (including phenoxy) is 1. The van der Waals surface area contributed by atoms with E-state index >= 15 is 0 Å². The molecule has 8 heteroatoms. The second-order valence-electron chi connectivity index (χ2n) is 7.21. The van der Waals surface area contributed by atoms with E-state index in [1.54, 1.807) is 43.3 Å². The molecule has 0 saturated heterocycles. The number of rotatable bonds is 8. The minimum absolute atomic E-state index is 0.0250. The van der Waals surface area contributed by atoms with Crippen molar-refractivity contribution in [3.8, 4) is 5.75 Å². The van der Waals surface area contributed by atoms with E-state index in [1.807, 2.05) is 0 Å². The zero-order chi connectivity index (χ0) is 22.0. The van der Waals surface area contributed by atoms with Crippen LogP contribution in [0, 0.1) is 6.92 Å². The van der Waals surface area contributed by atoms with Gasteiger partial charge in [-0.2, -0.15) is 0 Å². The summed E-state index contributed by atoms with van der Waals surface area (Å²) < 4.78 is 16.0. The molecule has 0 spiro atoms. The maximum absolute atomic E-state index is 13.1. The van der Waals surface area contributed by atoms with Gasteiger partial charge in [0, 0.05) is 6.07 Å². The number of carbonyl (C=O) groups is 2. The highest BCUT2D eigenvalue weighted by molar-refractivity contribution is 6.19. The predicted octanol–water partition coefficient (Wildman–Crippen LogP) is 4.54. The lowest BCUT2D eigenvalue weighted by molar-refractivity contribution is -0.117. The molecule has 4 rings (SSSR count). The van der Waals surface area contributed by atoms with Crippen molar-refractivity contribution >= 4 is 17.5 Å². The van der Waals surface area contributed by atoms with Crippen LogP contribution in [-0.2, 0) is 4.79 Å². The van der Waals surface area contributed by atoms with Crippen molar-refractivity contribution in [1.29, 1.82) is 0 Å². The predicted molar refractivity (Wildman–Crippen MR) is 111 cm³/mol. The molecule has 0 aliphatic carbocycles. The lowest BCUT2D eigenvalue weighted by Crippen LogP contribution is -2.31. The molecular formula is C23H22N2O6. The number of Topliss-reactive ketones (excluding diaryl/α,β-unsaturated/α-hetero) is 1. The molecule has 1 atom stereocenters. The molecule has 1 amide bonds. The highest BCUT2D eigenvalue weighted by Crippen LogP contribution is 2.42. The number of aliphatic hydroxyl groups excluding tert-OH is 1. The van der Waals surface area contributed by atoms with Gasteiger partial charge in [0.2, 0.25) is 5.78 Å². The van der Waals surface area contributed by atoms with Gasteiger partial charge in [0.1, 0.15) is 11.5 Å². The van der Waals surface area contributed by atoms with E-state index in [4.69, 9.17) is 13.7 Å². The van der Waals surface area contributed by atoms with Crippen LogP contribution in [-0.4, -0.2) is 28.6 Å². The van der Waals surface area contributed by atoms with Crippen molar-refractivity contribution in [3.63, 3.8) is 0 Å². The fourth-order valence-corrected chi connectivity index (χ4v) is 3.48. The maximum Gasteiger partial charge on any atom is 0.295 e. The fraction of sp³-hybridized carbons (Fsp3) is 0.261. The Morgan fingerprint density at radius 2 is 2.03 bits per heavy atom. The molecule has 1 aromatic carbocycles. The van der Waals surface area contributed by atoms with Gasteiger partial charge >= 0.3 is 0 Å². The smallest absolute Gasteiger partial charge is 0.295 e. The monoisotopic (exact) mass is 422 g/mol. The van der Waals surface area contributed by atoms with Gasteiger partial charge in [0.25, 0.3) is 5.91 Å². The number of furan rings is 1. The van der Waals surface area contributed by atoms with Crippen molar-refractivity contribution in [1.82, 2.24) is 5.16 Å². The van der Waals surface area contributed by atoms with E-state index in [9.17, 15) is 14.7 Å². The van der Waals surface area contributed by atoms with E-state index in [-0.39, 0.29) is 17.2 Å². The zero-order valence-corrected chi connectivity index (χ0v) is 17.2. The van der Waals surface area contributed by atoms with Gasteiger partial charge in [-0.25, -0.2) is 0 Å². The number of hydrogen-bond donors (Lipinski definition) is 1. The van der Waals surface area contributed by atoms with Crippen LogP contribution in [0.15, 0.2) is 69.0 Å². The van der Waals surface area contributed by atoms with Crippen molar-refractivity contribution < 1.29 is 28.4 Å².